The Balaban J connectivity index is 1.76. The van der Waals surface area contributed by atoms with Gasteiger partial charge in [-0.25, -0.2) is 4.98 Å². The van der Waals surface area contributed by atoms with E-state index in [1.165, 1.54) is 0 Å². The quantitative estimate of drug-likeness (QED) is 0.399. The number of aromatic amines is 1. The molecule has 130 valence electrons. The van der Waals surface area contributed by atoms with Crippen molar-refractivity contribution in [3.05, 3.63) is 84.0 Å². The number of hydrogen-bond donors (Lipinski definition) is 2. The van der Waals surface area contributed by atoms with Gasteiger partial charge in [0.2, 0.25) is 0 Å². The summed E-state index contributed by atoms with van der Waals surface area (Å²) in [5.74, 6) is 0.768. The van der Waals surface area contributed by atoms with Gasteiger partial charge in [-0.05, 0) is 42.5 Å². The van der Waals surface area contributed by atoms with E-state index in [4.69, 9.17) is 16.6 Å². The molecule has 0 spiro atoms. The monoisotopic (exact) mass is 370 g/mol. The lowest BCUT2D eigenvalue weighted by Gasteiger charge is -2.14. The molecule has 0 aliphatic heterocycles. The maximum Gasteiger partial charge on any atom is 0.142 e. The molecule has 2 heterocycles. The normalized spacial score (nSPS) is 11.1. The minimum absolute atomic E-state index is 0.669. The zero-order valence-electron chi connectivity index (χ0n) is 14.3. The first-order valence-corrected chi connectivity index (χ1v) is 9.01. The average Bonchev–Trinajstić information content (AvgIpc) is 3.13. The second-order valence-corrected chi connectivity index (χ2v) is 6.74. The van der Waals surface area contributed by atoms with Gasteiger partial charge in [0.25, 0.3) is 0 Å². The number of rotatable bonds is 3. The molecule has 5 aromatic rings. The summed E-state index contributed by atoms with van der Waals surface area (Å²) in [4.78, 5) is 12.8. The van der Waals surface area contributed by atoms with E-state index in [0.717, 1.165) is 44.7 Å². The van der Waals surface area contributed by atoms with Gasteiger partial charge in [0.05, 0.1) is 27.8 Å². The lowest BCUT2D eigenvalue weighted by molar-refractivity contribution is 1.30. The fourth-order valence-electron chi connectivity index (χ4n) is 3.23. The zero-order chi connectivity index (χ0) is 18.2. The number of anilines is 2. The van der Waals surface area contributed by atoms with Gasteiger partial charge >= 0.3 is 0 Å². The molecule has 0 atom stereocenters. The third-order valence-corrected chi connectivity index (χ3v) is 4.75. The van der Waals surface area contributed by atoms with Gasteiger partial charge in [0, 0.05) is 22.3 Å². The fourth-order valence-corrected chi connectivity index (χ4v) is 3.40. The van der Waals surface area contributed by atoms with Gasteiger partial charge in [-0.1, -0.05) is 41.9 Å². The highest BCUT2D eigenvalue weighted by molar-refractivity contribution is 6.31. The van der Waals surface area contributed by atoms with Crippen molar-refractivity contribution in [1.82, 2.24) is 15.0 Å². The molecule has 2 aromatic heterocycles. The Morgan fingerprint density at radius 3 is 2.52 bits per heavy atom. The van der Waals surface area contributed by atoms with Crippen LogP contribution in [-0.4, -0.2) is 15.0 Å². The molecule has 0 fully saturated rings. The summed E-state index contributed by atoms with van der Waals surface area (Å²) in [5.41, 5.74) is 5.59. The first-order chi connectivity index (χ1) is 13.3. The highest BCUT2D eigenvalue weighted by Crippen LogP contribution is 2.36. The van der Waals surface area contributed by atoms with Crippen LogP contribution >= 0.6 is 11.6 Å². The van der Waals surface area contributed by atoms with Crippen LogP contribution in [0.3, 0.4) is 0 Å². The summed E-state index contributed by atoms with van der Waals surface area (Å²) in [6, 6.07) is 23.7. The summed E-state index contributed by atoms with van der Waals surface area (Å²) in [6.45, 7) is 0. The predicted molar refractivity (Wildman–Crippen MR) is 112 cm³/mol. The van der Waals surface area contributed by atoms with E-state index in [1.807, 2.05) is 79.0 Å². The van der Waals surface area contributed by atoms with Crippen LogP contribution in [0.4, 0.5) is 11.4 Å². The molecule has 27 heavy (non-hydrogen) atoms. The van der Waals surface area contributed by atoms with Crippen LogP contribution in [0.25, 0.3) is 33.3 Å². The lowest BCUT2D eigenvalue weighted by Crippen LogP contribution is -1.97. The predicted octanol–water partition coefficient (Wildman–Crippen LogP) is 6.18. The minimum atomic E-state index is 0.669. The van der Waals surface area contributed by atoms with Gasteiger partial charge in [0.15, 0.2) is 0 Å². The molecule has 0 saturated heterocycles. The standard InChI is InChI=1S/C22H15ClN4/c23-14-10-11-18-16(12-14)21(25-15-6-2-1-3-7-15)17(13-24-18)22-26-19-8-4-5-9-20(19)27-22/h1-13H,(H,24,25)(H,26,27). The number of halogens is 1. The van der Waals surface area contributed by atoms with Crippen molar-refractivity contribution in [3.8, 4) is 11.4 Å². The van der Waals surface area contributed by atoms with Crippen LogP contribution in [0, 0.1) is 0 Å². The number of benzene rings is 3. The Labute approximate surface area is 160 Å². The van der Waals surface area contributed by atoms with Crippen molar-refractivity contribution in [2.45, 2.75) is 0 Å². The molecule has 0 bridgehead atoms. The van der Waals surface area contributed by atoms with Crippen LogP contribution < -0.4 is 5.32 Å². The van der Waals surface area contributed by atoms with E-state index in [2.05, 4.69) is 15.3 Å². The summed E-state index contributed by atoms with van der Waals surface area (Å²) in [5, 5.41) is 5.14. The smallest absolute Gasteiger partial charge is 0.142 e. The first-order valence-electron chi connectivity index (χ1n) is 8.63. The van der Waals surface area contributed by atoms with Crippen molar-refractivity contribution >= 4 is 44.9 Å². The van der Waals surface area contributed by atoms with E-state index < -0.39 is 0 Å². The molecular formula is C22H15ClN4. The number of pyridine rings is 1. The van der Waals surface area contributed by atoms with E-state index in [-0.39, 0.29) is 0 Å². The Kier molecular flexibility index (Phi) is 3.77. The maximum atomic E-state index is 6.28. The van der Waals surface area contributed by atoms with E-state index in [9.17, 15) is 0 Å². The van der Waals surface area contributed by atoms with Crippen LogP contribution in [0.5, 0.6) is 0 Å². The zero-order valence-corrected chi connectivity index (χ0v) is 15.0. The van der Waals surface area contributed by atoms with Crippen LogP contribution in [0.15, 0.2) is 79.0 Å². The maximum absolute atomic E-state index is 6.28. The van der Waals surface area contributed by atoms with Crippen molar-refractivity contribution in [2.24, 2.45) is 0 Å². The molecule has 0 aliphatic carbocycles. The molecule has 4 nitrogen and oxygen atoms in total. The molecule has 2 N–H and O–H groups in total. The molecule has 5 rings (SSSR count). The largest absolute Gasteiger partial charge is 0.354 e. The fraction of sp³-hybridized carbons (Fsp3) is 0. The SMILES string of the molecule is Clc1ccc2ncc(-c3nc4ccccc4[nH]3)c(Nc3ccccc3)c2c1. The molecular weight excluding hydrogens is 356 g/mol. The summed E-state index contributed by atoms with van der Waals surface area (Å²) >= 11 is 6.28. The van der Waals surface area contributed by atoms with Crippen molar-refractivity contribution in [3.63, 3.8) is 0 Å². The number of nitrogens with zero attached hydrogens (tertiary/aromatic N) is 2. The van der Waals surface area contributed by atoms with Crippen molar-refractivity contribution in [1.29, 1.82) is 0 Å². The molecule has 3 aromatic carbocycles. The molecule has 5 heteroatoms. The Morgan fingerprint density at radius 2 is 1.67 bits per heavy atom. The number of imidazole rings is 1. The number of para-hydroxylation sites is 3. The Morgan fingerprint density at radius 1 is 0.852 bits per heavy atom. The number of aromatic nitrogens is 3. The van der Waals surface area contributed by atoms with Gasteiger partial charge in [-0.15, -0.1) is 0 Å². The van der Waals surface area contributed by atoms with Crippen LogP contribution in [0.2, 0.25) is 5.02 Å². The van der Waals surface area contributed by atoms with Crippen molar-refractivity contribution in [2.75, 3.05) is 5.32 Å². The highest BCUT2D eigenvalue weighted by atomic mass is 35.5. The van der Waals surface area contributed by atoms with E-state index in [0.29, 0.717) is 5.02 Å². The third kappa shape index (κ3) is 2.90. The second-order valence-electron chi connectivity index (χ2n) is 6.30. The first kappa shape index (κ1) is 15.9. The van der Waals surface area contributed by atoms with Gasteiger partial charge in [0.1, 0.15) is 5.82 Å². The molecule has 0 aliphatic rings. The highest BCUT2D eigenvalue weighted by Gasteiger charge is 2.15. The van der Waals surface area contributed by atoms with Crippen LogP contribution in [-0.2, 0) is 0 Å². The number of hydrogen-bond acceptors (Lipinski definition) is 3. The Hall–Kier alpha value is -3.37. The molecule has 0 radical (unpaired) electrons. The molecule has 0 saturated carbocycles. The molecule has 0 amide bonds. The third-order valence-electron chi connectivity index (χ3n) is 4.52. The number of fused-ring (bicyclic) bond motifs is 2. The van der Waals surface area contributed by atoms with E-state index in [1.54, 1.807) is 0 Å². The van der Waals surface area contributed by atoms with Gasteiger partial charge in [-0.3, -0.25) is 4.98 Å². The second kappa shape index (κ2) is 6.41. The minimum Gasteiger partial charge on any atom is -0.354 e. The topological polar surface area (TPSA) is 53.6 Å². The summed E-state index contributed by atoms with van der Waals surface area (Å²) in [6.07, 6.45) is 1.85. The van der Waals surface area contributed by atoms with Crippen molar-refractivity contribution < 1.29 is 0 Å². The summed E-state index contributed by atoms with van der Waals surface area (Å²) in [7, 11) is 0. The lowest BCUT2D eigenvalue weighted by atomic mass is 10.1. The molecule has 0 unspecified atom stereocenters. The van der Waals surface area contributed by atoms with Gasteiger partial charge < -0.3 is 10.3 Å². The van der Waals surface area contributed by atoms with E-state index >= 15 is 0 Å². The number of nitrogens with one attached hydrogen (secondary N) is 2. The summed E-state index contributed by atoms with van der Waals surface area (Å²) < 4.78 is 0. The van der Waals surface area contributed by atoms with Crippen LogP contribution in [0.1, 0.15) is 0 Å². The Bertz CT molecular complexity index is 1230. The van der Waals surface area contributed by atoms with Gasteiger partial charge in [-0.2, -0.15) is 0 Å². The average molecular weight is 371 g/mol. The number of H-pyrrole nitrogens is 1.